The molecule has 5 fully saturated rings. The largest absolute Gasteiger partial charge is 0.0619 e. The summed E-state index contributed by atoms with van der Waals surface area (Å²) in [5.41, 5.74) is 0.853. The summed E-state index contributed by atoms with van der Waals surface area (Å²) in [4.78, 5) is 0. The van der Waals surface area contributed by atoms with Crippen LogP contribution in [0.3, 0.4) is 0 Å². The molecule has 0 aromatic carbocycles. The second kappa shape index (κ2) is 1.72. The van der Waals surface area contributed by atoms with Gasteiger partial charge in [-0.25, -0.2) is 0 Å². The van der Waals surface area contributed by atoms with Crippen LogP contribution in [-0.4, -0.2) is 0 Å². The topological polar surface area (TPSA) is 0 Å². The first-order valence-electron chi connectivity index (χ1n) is 6.72. The van der Waals surface area contributed by atoms with Gasteiger partial charge in [0.15, 0.2) is 0 Å². The lowest BCUT2D eigenvalue weighted by molar-refractivity contribution is 0.170. The predicted octanol–water partition coefficient (Wildman–Crippen LogP) is 3.18. The van der Waals surface area contributed by atoms with Gasteiger partial charge in [0.05, 0.1) is 0 Å². The normalized spacial score (nSPS) is 81.0. The highest BCUT2D eigenvalue weighted by atomic mass is 14.8. The maximum absolute atomic E-state index is 2.62. The molecule has 0 N–H and O–H groups in total. The van der Waals surface area contributed by atoms with Crippen molar-refractivity contribution in [2.45, 2.75) is 33.1 Å². The zero-order valence-corrected chi connectivity index (χ0v) is 9.24. The van der Waals surface area contributed by atoms with E-state index in [1.165, 1.54) is 41.4 Å². The van der Waals surface area contributed by atoms with E-state index in [9.17, 15) is 0 Å². The highest BCUT2D eigenvalue weighted by molar-refractivity contribution is 5.25. The SMILES string of the molecule is CC1C2C3CC3C1C1C2CC2CC21C. The van der Waals surface area contributed by atoms with Crippen molar-refractivity contribution in [2.24, 2.45) is 52.8 Å². The van der Waals surface area contributed by atoms with Gasteiger partial charge >= 0.3 is 0 Å². The summed E-state index contributed by atoms with van der Waals surface area (Å²) in [7, 11) is 0. The molecule has 5 saturated carbocycles. The van der Waals surface area contributed by atoms with Crippen molar-refractivity contribution < 1.29 is 0 Å². The summed E-state index contributed by atoms with van der Waals surface area (Å²) in [5, 5.41) is 0. The second-order valence-corrected chi connectivity index (χ2v) is 7.41. The van der Waals surface area contributed by atoms with Crippen molar-refractivity contribution in [3.8, 4) is 0 Å². The number of hydrogen-bond acceptors (Lipinski definition) is 0. The third-order valence-electron chi connectivity index (χ3n) is 7.24. The van der Waals surface area contributed by atoms with E-state index in [4.69, 9.17) is 0 Å². The predicted molar refractivity (Wildman–Crippen MR) is 55.6 cm³/mol. The first-order valence-corrected chi connectivity index (χ1v) is 6.72. The van der Waals surface area contributed by atoms with Gasteiger partial charge in [0, 0.05) is 0 Å². The fraction of sp³-hybridized carbons (Fsp3) is 1.00. The molecule has 0 saturated heterocycles. The molecule has 5 rings (SSSR count). The fourth-order valence-corrected chi connectivity index (χ4v) is 6.78. The second-order valence-electron chi connectivity index (χ2n) is 7.41. The molecule has 9 atom stereocenters. The van der Waals surface area contributed by atoms with E-state index in [1.807, 2.05) is 0 Å². The molecule has 0 aromatic heterocycles. The van der Waals surface area contributed by atoms with Crippen molar-refractivity contribution in [1.29, 1.82) is 0 Å². The van der Waals surface area contributed by atoms with Gasteiger partial charge in [-0.2, -0.15) is 0 Å². The molecular weight excluding hydrogens is 168 g/mol. The lowest BCUT2D eigenvalue weighted by Gasteiger charge is -2.30. The van der Waals surface area contributed by atoms with Gasteiger partial charge in [0.25, 0.3) is 0 Å². The summed E-state index contributed by atoms with van der Waals surface area (Å²) < 4.78 is 0. The van der Waals surface area contributed by atoms with Gasteiger partial charge in [-0.3, -0.25) is 0 Å². The average Bonchev–Trinajstić information content (AvgIpc) is 2.96. The summed E-state index contributed by atoms with van der Waals surface area (Å²) in [5.74, 6) is 9.50. The number of hydrogen-bond donors (Lipinski definition) is 0. The smallest absolute Gasteiger partial charge is 0.0260 e. The molecule has 5 aliphatic carbocycles. The van der Waals surface area contributed by atoms with Crippen LogP contribution in [0, 0.1) is 52.8 Å². The average molecular weight is 188 g/mol. The van der Waals surface area contributed by atoms with Crippen LogP contribution in [0.15, 0.2) is 0 Å². The first kappa shape index (κ1) is 7.30. The number of fused-ring (bicyclic) bond motifs is 10. The van der Waals surface area contributed by atoms with Crippen molar-refractivity contribution >= 4 is 0 Å². The van der Waals surface area contributed by atoms with Gasteiger partial charge < -0.3 is 0 Å². The summed E-state index contributed by atoms with van der Waals surface area (Å²) in [6, 6.07) is 0. The van der Waals surface area contributed by atoms with Crippen LogP contribution in [0.25, 0.3) is 0 Å². The molecule has 0 aromatic rings. The van der Waals surface area contributed by atoms with E-state index in [2.05, 4.69) is 13.8 Å². The molecule has 0 spiro atoms. The minimum absolute atomic E-state index is 0.853. The van der Waals surface area contributed by atoms with Crippen molar-refractivity contribution in [3.05, 3.63) is 0 Å². The quantitative estimate of drug-likeness (QED) is 0.547. The van der Waals surface area contributed by atoms with Gasteiger partial charge in [0.1, 0.15) is 0 Å². The summed E-state index contributed by atoms with van der Waals surface area (Å²) >= 11 is 0. The highest BCUT2D eigenvalue weighted by Gasteiger charge is 2.77. The fourth-order valence-electron chi connectivity index (χ4n) is 6.78. The van der Waals surface area contributed by atoms with Crippen LogP contribution >= 0.6 is 0 Å². The Morgan fingerprint density at radius 3 is 2.64 bits per heavy atom. The summed E-state index contributed by atoms with van der Waals surface area (Å²) in [6.45, 7) is 5.20. The Morgan fingerprint density at radius 2 is 1.79 bits per heavy atom. The molecule has 0 radical (unpaired) electrons. The molecule has 0 heteroatoms. The van der Waals surface area contributed by atoms with Crippen LogP contribution in [-0.2, 0) is 0 Å². The Balaban J connectivity index is 1.66. The van der Waals surface area contributed by atoms with Gasteiger partial charge in [-0.15, -0.1) is 0 Å². The minimum atomic E-state index is 0.853. The lowest BCUT2D eigenvalue weighted by atomic mass is 9.74. The molecule has 0 amide bonds. The molecular formula is C14H20. The Morgan fingerprint density at radius 1 is 1.00 bits per heavy atom. The molecule has 0 nitrogen and oxygen atoms in total. The molecule has 9 unspecified atom stereocenters. The van der Waals surface area contributed by atoms with Crippen molar-refractivity contribution in [1.82, 2.24) is 0 Å². The van der Waals surface area contributed by atoms with Crippen molar-refractivity contribution in [3.63, 3.8) is 0 Å². The van der Waals surface area contributed by atoms with Crippen LogP contribution in [0.2, 0.25) is 0 Å². The Hall–Kier alpha value is 0. The lowest BCUT2D eigenvalue weighted by Crippen LogP contribution is -2.26. The third kappa shape index (κ3) is 0.517. The van der Waals surface area contributed by atoms with E-state index in [0.717, 1.165) is 11.3 Å². The number of rotatable bonds is 0. The highest BCUT2D eigenvalue weighted by Crippen LogP contribution is 2.83. The molecule has 0 heterocycles. The van der Waals surface area contributed by atoms with Gasteiger partial charge in [0.2, 0.25) is 0 Å². The zero-order chi connectivity index (χ0) is 9.24. The Kier molecular flexibility index (Phi) is 0.897. The van der Waals surface area contributed by atoms with E-state index >= 15 is 0 Å². The van der Waals surface area contributed by atoms with E-state index < -0.39 is 0 Å². The maximum Gasteiger partial charge on any atom is -0.0260 e. The van der Waals surface area contributed by atoms with Crippen LogP contribution in [0.5, 0.6) is 0 Å². The van der Waals surface area contributed by atoms with Crippen LogP contribution in [0.1, 0.15) is 33.1 Å². The van der Waals surface area contributed by atoms with E-state index in [1.54, 1.807) is 19.3 Å². The maximum atomic E-state index is 2.62. The monoisotopic (exact) mass is 188 g/mol. The minimum Gasteiger partial charge on any atom is -0.0619 e. The van der Waals surface area contributed by atoms with Gasteiger partial charge in [-0.05, 0) is 72.0 Å². The Labute approximate surface area is 86.5 Å². The third-order valence-corrected chi connectivity index (χ3v) is 7.24. The molecule has 14 heavy (non-hydrogen) atoms. The van der Waals surface area contributed by atoms with Crippen molar-refractivity contribution in [2.75, 3.05) is 0 Å². The summed E-state index contributed by atoms with van der Waals surface area (Å²) in [6.07, 6.45) is 4.87. The first-order chi connectivity index (χ1) is 6.72. The van der Waals surface area contributed by atoms with Gasteiger partial charge in [-0.1, -0.05) is 13.8 Å². The van der Waals surface area contributed by atoms with E-state index in [0.29, 0.717) is 0 Å². The van der Waals surface area contributed by atoms with E-state index in [-0.39, 0.29) is 0 Å². The van der Waals surface area contributed by atoms with Crippen LogP contribution < -0.4 is 0 Å². The van der Waals surface area contributed by atoms with Crippen LogP contribution in [0.4, 0.5) is 0 Å². The molecule has 5 aliphatic rings. The Bertz CT molecular complexity index is 333. The molecule has 76 valence electrons. The zero-order valence-electron chi connectivity index (χ0n) is 9.24. The standard InChI is InChI=1S/C14H20/c1-6-11-8-4-9(8)12(6)13-10(11)3-7-5-14(7,13)2/h6-13H,3-5H2,1-2H3. The molecule has 2 bridgehead atoms. The molecule has 0 aliphatic heterocycles.